The zero-order valence-electron chi connectivity index (χ0n) is 22.0. The number of nitrogens with one attached hydrogen (secondary N) is 1. The van der Waals surface area contributed by atoms with Gasteiger partial charge in [0.15, 0.2) is 22.5 Å². The van der Waals surface area contributed by atoms with E-state index in [1.807, 2.05) is 26.0 Å². The van der Waals surface area contributed by atoms with E-state index in [0.717, 1.165) is 26.1 Å². The van der Waals surface area contributed by atoms with E-state index >= 15 is 0 Å². The number of rotatable bonds is 12. The molecule has 0 bridgehead atoms. The summed E-state index contributed by atoms with van der Waals surface area (Å²) >= 11 is 1.31. The molecule has 1 aromatic heterocycles. The first-order valence-electron chi connectivity index (χ1n) is 12.0. The van der Waals surface area contributed by atoms with E-state index in [1.54, 1.807) is 21.1 Å². The van der Waals surface area contributed by atoms with Crippen molar-refractivity contribution in [3.63, 3.8) is 0 Å². The lowest BCUT2D eigenvalue weighted by atomic mass is 10.2. The van der Waals surface area contributed by atoms with Crippen molar-refractivity contribution in [1.29, 1.82) is 0 Å². The molecule has 0 radical (unpaired) electrons. The largest absolute Gasteiger partial charge is 0.493 e. The molecule has 2 aromatic rings. The number of fused-ring (bicyclic) bond motifs is 1. The Morgan fingerprint density at radius 1 is 1.19 bits per heavy atom. The molecule has 3 rings (SSSR count). The number of carboxylic acids is 1. The number of nitrogens with zero attached hydrogens (tertiary/aromatic N) is 4. The van der Waals surface area contributed by atoms with Gasteiger partial charge in [-0.25, -0.2) is 19.8 Å². The number of thioether (sulfide) groups is 1. The second-order valence-corrected chi connectivity index (χ2v) is 8.55. The minimum atomic E-state index is -0.932. The molecular formula is C25H37N5O5S. The van der Waals surface area contributed by atoms with Gasteiger partial charge in [0.05, 0.1) is 31.4 Å². The number of carbonyl (C=O) groups is 1. The summed E-state index contributed by atoms with van der Waals surface area (Å²) < 4.78 is 16.7. The third-order valence-corrected chi connectivity index (χ3v) is 6.30. The highest BCUT2D eigenvalue weighted by Crippen LogP contribution is 2.35. The summed E-state index contributed by atoms with van der Waals surface area (Å²) in [5, 5.41) is 13.6. The number of allylic oxidation sites excluding steroid dienone is 1. The predicted molar refractivity (Wildman–Crippen MR) is 145 cm³/mol. The second kappa shape index (κ2) is 15.3. The summed E-state index contributed by atoms with van der Waals surface area (Å²) in [4.78, 5) is 26.9. The summed E-state index contributed by atoms with van der Waals surface area (Å²) in [6.45, 7) is 11.9. The summed E-state index contributed by atoms with van der Waals surface area (Å²) in [6.07, 6.45) is 2.32. The van der Waals surface area contributed by atoms with Crippen molar-refractivity contribution in [1.82, 2.24) is 20.2 Å². The molecule has 0 saturated carbocycles. The van der Waals surface area contributed by atoms with E-state index in [9.17, 15) is 9.90 Å². The van der Waals surface area contributed by atoms with Gasteiger partial charge in [-0.3, -0.25) is 0 Å². The fourth-order valence-corrected chi connectivity index (χ4v) is 4.43. The van der Waals surface area contributed by atoms with Crippen molar-refractivity contribution in [2.24, 2.45) is 4.99 Å². The Kier molecular flexibility index (Phi) is 12.4. The summed E-state index contributed by atoms with van der Waals surface area (Å²) in [7, 11) is 3.30. The number of benzene rings is 1. The van der Waals surface area contributed by atoms with Crippen LogP contribution in [-0.2, 0) is 9.53 Å². The maximum atomic E-state index is 11.3. The standard InChI is InChI=1S/C23H31N5O5S.C2H6/c1-5-28(8-10-31-3)7-6-9-33-20-12-18-16(11-19(20)32-4)21(25-14-24-18)27-23-26-15(2)17(13-34-23)22(29)30;1-2/h11-12,14H,5-10,13H2,1-4H3,(H,29,30)(H,24,25,26,27);1-2H3. The van der Waals surface area contributed by atoms with Gasteiger partial charge < -0.3 is 29.5 Å². The van der Waals surface area contributed by atoms with Gasteiger partial charge >= 0.3 is 5.97 Å². The first-order valence-corrected chi connectivity index (χ1v) is 13.0. The minimum Gasteiger partial charge on any atom is -0.493 e. The number of aromatic nitrogens is 2. The highest BCUT2D eigenvalue weighted by atomic mass is 32.2. The SMILES string of the molecule is CC.CCN(CCCOc1cc2ncnc(N=C3NC(C)=C(C(=O)O)CS3)c2cc1OC)CCOC. The van der Waals surface area contributed by atoms with Crippen LogP contribution in [0.4, 0.5) is 5.82 Å². The molecule has 1 aromatic carbocycles. The van der Waals surface area contributed by atoms with Crippen LogP contribution in [0.1, 0.15) is 34.1 Å². The van der Waals surface area contributed by atoms with Gasteiger partial charge in [0.25, 0.3) is 0 Å². The first kappa shape index (κ1) is 29.3. The van der Waals surface area contributed by atoms with Crippen LogP contribution < -0.4 is 14.8 Å². The molecule has 0 aliphatic carbocycles. The fraction of sp³-hybridized carbons (Fsp3) is 0.520. The minimum absolute atomic E-state index is 0.332. The molecule has 0 unspecified atom stereocenters. The Morgan fingerprint density at radius 3 is 2.61 bits per heavy atom. The zero-order chi connectivity index (χ0) is 26.5. The number of ether oxygens (including phenoxy) is 3. The Morgan fingerprint density at radius 2 is 1.97 bits per heavy atom. The number of aliphatic carboxylic acids is 1. The quantitative estimate of drug-likeness (QED) is 0.397. The molecule has 36 heavy (non-hydrogen) atoms. The molecule has 11 heteroatoms. The highest BCUT2D eigenvalue weighted by Gasteiger charge is 2.20. The molecule has 1 aliphatic rings. The molecule has 2 N–H and O–H groups in total. The first-order chi connectivity index (χ1) is 17.5. The van der Waals surface area contributed by atoms with Gasteiger partial charge in [0.1, 0.15) is 6.33 Å². The summed E-state index contributed by atoms with van der Waals surface area (Å²) in [5.41, 5.74) is 1.58. The lowest BCUT2D eigenvalue weighted by Gasteiger charge is -2.20. The van der Waals surface area contributed by atoms with Crippen molar-refractivity contribution in [2.75, 3.05) is 52.8 Å². The Bertz CT molecular complexity index is 1080. The lowest BCUT2D eigenvalue weighted by Crippen LogP contribution is -2.29. The van der Waals surface area contributed by atoms with Crippen molar-refractivity contribution in [3.8, 4) is 11.5 Å². The van der Waals surface area contributed by atoms with Gasteiger partial charge in [-0.05, 0) is 26.0 Å². The summed E-state index contributed by atoms with van der Waals surface area (Å²) in [5.74, 6) is 1.05. The lowest BCUT2D eigenvalue weighted by molar-refractivity contribution is -0.132. The molecule has 10 nitrogen and oxygen atoms in total. The monoisotopic (exact) mass is 519 g/mol. The average Bonchev–Trinajstić information content (AvgIpc) is 2.89. The number of aliphatic imine (C=N–C) groups is 1. The topological polar surface area (TPSA) is 118 Å². The van der Waals surface area contributed by atoms with Crippen molar-refractivity contribution >= 4 is 39.6 Å². The van der Waals surface area contributed by atoms with Gasteiger partial charge in [0, 0.05) is 43.1 Å². The van der Waals surface area contributed by atoms with Crippen molar-refractivity contribution < 1.29 is 24.1 Å². The second-order valence-electron chi connectivity index (χ2n) is 7.59. The van der Waals surface area contributed by atoms with Gasteiger partial charge in [0.2, 0.25) is 0 Å². The van der Waals surface area contributed by atoms with Gasteiger partial charge in [-0.1, -0.05) is 32.5 Å². The number of hydrogen-bond donors (Lipinski definition) is 2. The summed E-state index contributed by atoms with van der Waals surface area (Å²) in [6, 6.07) is 3.65. The fourth-order valence-electron chi connectivity index (χ4n) is 3.43. The molecular weight excluding hydrogens is 482 g/mol. The molecule has 0 fully saturated rings. The van der Waals surface area contributed by atoms with Crippen LogP contribution in [0, 0.1) is 0 Å². The highest BCUT2D eigenvalue weighted by molar-refractivity contribution is 8.14. The predicted octanol–water partition coefficient (Wildman–Crippen LogP) is 4.08. The van der Waals surface area contributed by atoms with Crippen LogP contribution >= 0.6 is 11.8 Å². The number of amidine groups is 1. The molecule has 198 valence electrons. The molecule has 1 aliphatic heterocycles. The molecule has 0 saturated heterocycles. The Hall–Kier alpha value is -2.89. The molecule has 0 atom stereocenters. The Labute approximate surface area is 217 Å². The van der Waals surface area contributed by atoms with E-state index < -0.39 is 5.97 Å². The van der Waals surface area contributed by atoms with Crippen molar-refractivity contribution in [3.05, 3.63) is 29.7 Å². The Balaban J connectivity index is 0.00000222. The van der Waals surface area contributed by atoms with Crippen molar-refractivity contribution in [2.45, 2.75) is 34.1 Å². The van der Waals surface area contributed by atoms with Crippen LogP contribution in [0.5, 0.6) is 11.5 Å². The number of methoxy groups -OCH3 is 2. The molecule has 0 amide bonds. The molecule has 2 heterocycles. The smallest absolute Gasteiger partial charge is 0.334 e. The van der Waals surface area contributed by atoms with Crippen LogP contribution in [0.2, 0.25) is 0 Å². The van der Waals surface area contributed by atoms with Crippen LogP contribution in [0.25, 0.3) is 10.9 Å². The zero-order valence-corrected chi connectivity index (χ0v) is 22.8. The number of carboxylic acid groups (broad SMARTS) is 1. The third kappa shape index (κ3) is 8.07. The van der Waals surface area contributed by atoms with E-state index in [-0.39, 0.29) is 0 Å². The average molecular weight is 520 g/mol. The number of likely N-dealkylation sites (N-methyl/N-ethyl adjacent to an activating group) is 1. The number of hydrogen-bond acceptors (Lipinski definition) is 9. The van der Waals surface area contributed by atoms with Crippen LogP contribution in [-0.4, -0.2) is 83.9 Å². The third-order valence-electron chi connectivity index (χ3n) is 5.40. The van der Waals surface area contributed by atoms with E-state index in [0.29, 0.717) is 63.6 Å². The van der Waals surface area contributed by atoms with E-state index in [2.05, 4.69) is 32.1 Å². The van der Waals surface area contributed by atoms with E-state index in [4.69, 9.17) is 14.2 Å². The van der Waals surface area contributed by atoms with Crippen LogP contribution in [0.15, 0.2) is 34.7 Å². The maximum Gasteiger partial charge on any atom is 0.334 e. The van der Waals surface area contributed by atoms with Gasteiger partial charge in [-0.15, -0.1) is 0 Å². The maximum absolute atomic E-state index is 11.3. The normalized spacial score (nSPS) is 14.5. The molecule has 0 spiro atoms. The van der Waals surface area contributed by atoms with Crippen LogP contribution in [0.3, 0.4) is 0 Å². The van der Waals surface area contributed by atoms with Gasteiger partial charge in [-0.2, -0.15) is 0 Å². The van der Waals surface area contributed by atoms with E-state index in [1.165, 1.54) is 18.1 Å².